The molecule has 0 radical (unpaired) electrons. The Morgan fingerprint density at radius 3 is 2.62 bits per heavy atom. The molecule has 1 aliphatic rings. The van der Waals surface area contributed by atoms with E-state index < -0.39 is 28.1 Å². The first kappa shape index (κ1) is 18.8. The summed E-state index contributed by atoms with van der Waals surface area (Å²) in [4.78, 5) is 12.9. The van der Waals surface area contributed by atoms with Crippen LogP contribution in [-0.4, -0.2) is 48.6 Å². The summed E-state index contributed by atoms with van der Waals surface area (Å²) in [7, 11) is -2.63. The Hall–Kier alpha value is -1.98. The van der Waals surface area contributed by atoms with E-state index in [1.807, 2.05) is 0 Å². The molecule has 8 nitrogen and oxygen atoms in total. The average molecular weight is 398 g/mol. The van der Waals surface area contributed by atoms with E-state index in [-0.39, 0.29) is 17.9 Å². The molecule has 0 spiro atoms. The fraction of sp³-hybridized carbons (Fsp3) is 0.312. The molecule has 10 heteroatoms. The Balaban J connectivity index is 2.04. The average Bonchev–Trinajstić information content (AvgIpc) is 3.06. The lowest BCUT2D eigenvalue weighted by Crippen LogP contribution is -2.50. The van der Waals surface area contributed by atoms with Gasteiger partial charge >= 0.3 is 0 Å². The van der Waals surface area contributed by atoms with E-state index in [0.29, 0.717) is 16.2 Å². The maximum absolute atomic E-state index is 13.1. The predicted molar refractivity (Wildman–Crippen MR) is 93.6 cm³/mol. The van der Waals surface area contributed by atoms with Crippen LogP contribution in [0.1, 0.15) is 16.5 Å². The molecule has 1 aliphatic heterocycles. The van der Waals surface area contributed by atoms with Crippen LogP contribution in [0.4, 0.5) is 0 Å². The van der Waals surface area contributed by atoms with Gasteiger partial charge in [-0.15, -0.1) is 11.3 Å². The number of nitrogens with zero attached hydrogens (tertiary/aromatic N) is 1. The van der Waals surface area contributed by atoms with Crippen LogP contribution in [0.15, 0.2) is 40.6 Å². The van der Waals surface area contributed by atoms with Crippen molar-refractivity contribution in [1.82, 2.24) is 9.79 Å². The highest BCUT2D eigenvalue weighted by molar-refractivity contribution is 7.89. The van der Waals surface area contributed by atoms with Gasteiger partial charge in [0.15, 0.2) is 0 Å². The number of benzene rings is 1. The SMILES string of the molecule is COc1ccc(S(=O)(=O)N2C[C@H](O)c3ccsc3C[C@@H]2C(=O)NO)cc1. The van der Waals surface area contributed by atoms with Crippen molar-refractivity contribution in [3.8, 4) is 5.75 Å². The van der Waals surface area contributed by atoms with Crippen LogP contribution in [0.25, 0.3) is 0 Å². The molecular formula is C16H18N2O6S2. The third kappa shape index (κ3) is 3.33. The third-order valence-electron chi connectivity index (χ3n) is 4.30. The minimum Gasteiger partial charge on any atom is -0.497 e. The second-order valence-electron chi connectivity index (χ2n) is 5.76. The number of amides is 1. The molecule has 0 bridgehead atoms. The summed E-state index contributed by atoms with van der Waals surface area (Å²) < 4.78 is 32.2. The topological polar surface area (TPSA) is 116 Å². The number of β-amino-alcohol motifs (C(OH)–C–C–N with tert-alkyl or cyclic N) is 1. The normalized spacial score (nSPS) is 20.9. The van der Waals surface area contributed by atoms with Crippen molar-refractivity contribution in [1.29, 1.82) is 0 Å². The molecule has 0 unspecified atom stereocenters. The number of carbonyl (C=O) groups is 1. The van der Waals surface area contributed by atoms with Gasteiger partial charge in [0.2, 0.25) is 10.0 Å². The second kappa shape index (κ2) is 7.33. The number of nitrogens with one attached hydrogen (secondary N) is 1. The molecular weight excluding hydrogens is 380 g/mol. The zero-order chi connectivity index (χ0) is 18.9. The number of hydrogen-bond donors (Lipinski definition) is 3. The number of thiophene rings is 1. The molecule has 0 fully saturated rings. The first-order valence-corrected chi connectivity index (χ1v) is 10.0. The van der Waals surface area contributed by atoms with Gasteiger partial charge in [0.05, 0.1) is 18.1 Å². The smallest absolute Gasteiger partial charge is 0.262 e. The Morgan fingerprint density at radius 1 is 1.31 bits per heavy atom. The Labute approximate surface area is 154 Å². The third-order valence-corrected chi connectivity index (χ3v) is 7.14. The van der Waals surface area contributed by atoms with Crippen molar-refractivity contribution in [3.05, 3.63) is 46.2 Å². The van der Waals surface area contributed by atoms with Crippen LogP contribution in [0.2, 0.25) is 0 Å². The lowest BCUT2D eigenvalue weighted by atomic mass is 10.1. The number of carbonyl (C=O) groups excluding carboxylic acids is 1. The fourth-order valence-corrected chi connectivity index (χ4v) is 5.50. The fourth-order valence-electron chi connectivity index (χ4n) is 2.93. The summed E-state index contributed by atoms with van der Waals surface area (Å²) >= 11 is 1.33. The van der Waals surface area contributed by atoms with Crippen molar-refractivity contribution in [2.45, 2.75) is 23.5 Å². The van der Waals surface area contributed by atoms with Crippen LogP contribution in [-0.2, 0) is 21.2 Å². The Morgan fingerprint density at radius 2 is 2.00 bits per heavy atom. The molecule has 0 aliphatic carbocycles. The summed E-state index contributed by atoms with van der Waals surface area (Å²) in [5, 5.41) is 21.3. The minimum absolute atomic E-state index is 0.0357. The number of methoxy groups -OCH3 is 1. The van der Waals surface area contributed by atoms with Crippen LogP contribution >= 0.6 is 11.3 Å². The molecule has 0 saturated heterocycles. The highest BCUT2D eigenvalue weighted by Crippen LogP contribution is 2.33. The zero-order valence-electron chi connectivity index (χ0n) is 13.8. The molecule has 1 aromatic heterocycles. The molecule has 1 aromatic carbocycles. The van der Waals surface area contributed by atoms with Gasteiger partial charge in [-0.05, 0) is 41.3 Å². The Bertz CT molecular complexity index is 894. The molecule has 3 N–H and O–H groups in total. The van der Waals surface area contributed by atoms with Crippen molar-refractivity contribution < 1.29 is 28.3 Å². The van der Waals surface area contributed by atoms with Gasteiger partial charge in [-0.2, -0.15) is 4.31 Å². The van der Waals surface area contributed by atoms with E-state index in [0.717, 1.165) is 4.31 Å². The molecule has 2 heterocycles. The quantitative estimate of drug-likeness (QED) is 0.521. The second-order valence-corrected chi connectivity index (χ2v) is 8.65. The monoisotopic (exact) mass is 398 g/mol. The van der Waals surface area contributed by atoms with Crippen molar-refractivity contribution in [2.75, 3.05) is 13.7 Å². The van der Waals surface area contributed by atoms with E-state index in [4.69, 9.17) is 9.94 Å². The van der Waals surface area contributed by atoms with Gasteiger partial charge < -0.3 is 9.84 Å². The van der Waals surface area contributed by atoms with E-state index >= 15 is 0 Å². The van der Waals surface area contributed by atoms with Crippen molar-refractivity contribution in [2.24, 2.45) is 0 Å². The molecule has 2 atom stereocenters. The molecule has 1 amide bonds. The molecule has 2 aromatic rings. The summed E-state index contributed by atoms with van der Waals surface area (Å²) in [6.07, 6.45) is -1.01. The maximum Gasteiger partial charge on any atom is 0.262 e. The lowest BCUT2D eigenvalue weighted by Gasteiger charge is -2.28. The number of ether oxygens (including phenoxy) is 1. The number of sulfonamides is 1. The number of rotatable bonds is 4. The molecule has 26 heavy (non-hydrogen) atoms. The van der Waals surface area contributed by atoms with E-state index in [2.05, 4.69) is 0 Å². The van der Waals surface area contributed by atoms with E-state index in [1.165, 1.54) is 48.2 Å². The molecule has 0 saturated carbocycles. The van der Waals surface area contributed by atoms with Crippen LogP contribution < -0.4 is 10.2 Å². The summed E-state index contributed by atoms with van der Waals surface area (Å²) in [6, 6.07) is 6.27. The van der Waals surface area contributed by atoms with Gasteiger partial charge in [-0.1, -0.05) is 0 Å². The summed E-state index contributed by atoms with van der Waals surface area (Å²) in [5.74, 6) is -0.359. The van der Waals surface area contributed by atoms with Gasteiger partial charge in [0.25, 0.3) is 5.91 Å². The van der Waals surface area contributed by atoms with Crippen LogP contribution in [0.3, 0.4) is 0 Å². The number of hydroxylamine groups is 1. The highest BCUT2D eigenvalue weighted by atomic mass is 32.2. The number of aliphatic hydroxyl groups excluding tert-OH is 1. The zero-order valence-corrected chi connectivity index (χ0v) is 15.5. The predicted octanol–water partition coefficient (Wildman–Crippen LogP) is 0.911. The number of fused-ring (bicyclic) bond motifs is 1. The van der Waals surface area contributed by atoms with E-state index in [1.54, 1.807) is 11.4 Å². The van der Waals surface area contributed by atoms with Crippen LogP contribution in [0, 0.1) is 0 Å². The summed E-state index contributed by atoms with van der Waals surface area (Å²) in [6.45, 7) is -0.295. The first-order chi connectivity index (χ1) is 12.4. The molecule has 3 rings (SSSR count). The number of aliphatic hydroxyl groups is 1. The maximum atomic E-state index is 13.1. The summed E-state index contributed by atoms with van der Waals surface area (Å²) in [5.41, 5.74) is 2.13. The van der Waals surface area contributed by atoms with Gasteiger partial charge in [-0.3, -0.25) is 10.0 Å². The standard InChI is InChI=1S/C16H18N2O6S2/c1-24-10-2-4-11(5-3-10)26(22,23)18-9-14(19)12-6-7-25-15(12)8-13(18)16(20)17-21/h2-7,13-14,19,21H,8-9H2,1H3,(H,17,20)/t13-,14+/m1/s1. The van der Waals surface area contributed by atoms with Gasteiger partial charge in [0.1, 0.15) is 11.8 Å². The minimum atomic E-state index is -4.09. The largest absolute Gasteiger partial charge is 0.497 e. The van der Waals surface area contributed by atoms with Gasteiger partial charge in [0, 0.05) is 17.8 Å². The Kier molecular flexibility index (Phi) is 5.30. The van der Waals surface area contributed by atoms with Crippen LogP contribution in [0.5, 0.6) is 5.75 Å². The first-order valence-electron chi connectivity index (χ1n) is 7.72. The highest BCUT2D eigenvalue weighted by Gasteiger charge is 2.40. The lowest BCUT2D eigenvalue weighted by molar-refractivity contribution is -0.133. The van der Waals surface area contributed by atoms with E-state index in [9.17, 15) is 18.3 Å². The van der Waals surface area contributed by atoms with Crippen molar-refractivity contribution >= 4 is 27.3 Å². The molecule has 140 valence electrons. The number of hydrogen-bond acceptors (Lipinski definition) is 7. The van der Waals surface area contributed by atoms with Gasteiger partial charge in [-0.25, -0.2) is 13.9 Å². The van der Waals surface area contributed by atoms with Crippen molar-refractivity contribution in [3.63, 3.8) is 0 Å².